The third-order valence-electron chi connectivity index (χ3n) is 2.85. The quantitative estimate of drug-likeness (QED) is 0.843. The molecule has 2 rings (SSSR count). The number of benzene rings is 2. The molecule has 0 amide bonds. The zero-order valence-corrected chi connectivity index (χ0v) is 13.5. The second-order valence-electron chi connectivity index (χ2n) is 4.59. The van der Waals surface area contributed by atoms with Crippen LogP contribution >= 0.6 is 11.8 Å². The summed E-state index contributed by atoms with van der Waals surface area (Å²) in [5.41, 5.74) is 2.56. The largest absolute Gasteiger partial charge is 0.280 e. The van der Waals surface area contributed by atoms with Crippen molar-refractivity contribution >= 4 is 33.5 Å². The lowest BCUT2D eigenvalue weighted by Crippen LogP contribution is -2.08. The first-order valence-corrected chi connectivity index (χ1v) is 9.17. The van der Waals surface area contributed by atoms with Gasteiger partial charge in [0.15, 0.2) is 0 Å². The van der Waals surface area contributed by atoms with Gasteiger partial charge in [0, 0.05) is 10.6 Å². The van der Waals surface area contributed by atoms with Crippen molar-refractivity contribution < 1.29 is 8.42 Å². The molecular weight excluding hydrogens is 302 g/mol. The lowest BCUT2D eigenvalue weighted by Gasteiger charge is -2.05. The van der Waals surface area contributed by atoms with Crippen LogP contribution in [-0.4, -0.2) is 14.7 Å². The monoisotopic (exact) mass is 319 g/mol. The second kappa shape index (κ2) is 6.83. The lowest BCUT2D eigenvalue weighted by molar-refractivity contribution is 0.609. The van der Waals surface area contributed by atoms with Crippen molar-refractivity contribution in [3.8, 4) is 0 Å². The summed E-state index contributed by atoms with van der Waals surface area (Å²) in [5.74, 6) is 0. The van der Waals surface area contributed by atoms with Crippen molar-refractivity contribution in [2.24, 2.45) is 0 Å². The minimum atomic E-state index is -3.51. The zero-order valence-electron chi connectivity index (χ0n) is 11.9. The van der Waals surface area contributed by atoms with E-state index in [0.29, 0.717) is 5.69 Å². The summed E-state index contributed by atoms with van der Waals surface area (Å²) in [4.78, 5) is 1.01. The molecular formula is C16H17NO2S2. The Morgan fingerprint density at radius 2 is 1.81 bits per heavy atom. The average Bonchev–Trinajstić information content (AvgIpc) is 2.46. The van der Waals surface area contributed by atoms with E-state index in [1.54, 1.807) is 23.9 Å². The Hall–Kier alpha value is -1.72. The van der Waals surface area contributed by atoms with Crippen LogP contribution in [0.15, 0.2) is 58.8 Å². The van der Waals surface area contributed by atoms with Gasteiger partial charge in [0.1, 0.15) is 0 Å². The topological polar surface area (TPSA) is 46.2 Å². The van der Waals surface area contributed by atoms with E-state index in [0.717, 1.165) is 16.0 Å². The highest BCUT2D eigenvalue weighted by molar-refractivity contribution is 7.98. The molecule has 0 atom stereocenters. The summed E-state index contributed by atoms with van der Waals surface area (Å²) in [6.07, 6.45) is 3.53. The molecule has 0 aliphatic carbocycles. The maximum absolute atomic E-state index is 12.0. The van der Waals surface area contributed by atoms with Crippen LogP contribution in [0, 0.1) is 6.92 Å². The number of hydrogen-bond donors (Lipinski definition) is 1. The molecule has 0 bridgehead atoms. The Kier molecular flexibility index (Phi) is 5.09. The minimum Gasteiger partial charge on any atom is -0.280 e. The van der Waals surface area contributed by atoms with Crippen molar-refractivity contribution in [1.82, 2.24) is 0 Å². The van der Waals surface area contributed by atoms with E-state index < -0.39 is 10.0 Å². The molecule has 5 heteroatoms. The fraction of sp³-hybridized carbons (Fsp3) is 0.125. The first-order valence-electron chi connectivity index (χ1n) is 6.40. The number of rotatable bonds is 5. The van der Waals surface area contributed by atoms with E-state index in [1.807, 2.05) is 55.6 Å². The summed E-state index contributed by atoms with van der Waals surface area (Å²) < 4.78 is 26.6. The van der Waals surface area contributed by atoms with Gasteiger partial charge >= 0.3 is 0 Å². The van der Waals surface area contributed by atoms with Gasteiger partial charge < -0.3 is 0 Å². The lowest BCUT2D eigenvalue weighted by atomic mass is 10.2. The number of aryl methyl sites for hydroxylation is 1. The predicted octanol–water partition coefficient (Wildman–Crippen LogP) is 4.13. The summed E-state index contributed by atoms with van der Waals surface area (Å²) in [6, 6.07) is 15.0. The summed E-state index contributed by atoms with van der Waals surface area (Å²) in [5, 5.41) is 1.18. The van der Waals surface area contributed by atoms with Crippen LogP contribution in [0.5, 0.6) is 0 Å². The Morgan fingerprint density at radius 3 is 2.48 bits per heavy atom. The molecule has 2 aromatic carbocycles. The molecule has 0 heterocycles. The van der Waals surface area contributed by atoms with Crippen LogP contribution in [-0.2, 0) is 10.0 Å². The Bertz CT molecular complexity index is 735. The highest BCUT2D eigenvalue weighted by atomic mass is 32.2. The third kappa shape index (κ3) is 4.95. The Labute approximate surface area is 130 Å². The van der Waals surface area contributed by atoms with Gasteiger partial charge in [-0.1, -0.05) is 35.9 Å². The Morgan fingerprint density at radius 1 is 1.10 bits per heavy atom. The molecule has 0 aliphatic heterocycles. The fourth-order valence-electron chi connectivity index (χ4n) is 1.73. The SMILES string of the molecule is CSc1cccc(NS(=O)(=O)/C=C/c2ccc(C)cc2)c1. The average molecular weight is 319 g/mol. The van der Waals surface area contributed by atoms with E-state index in [4.69, 9.17) is 0 Å². The molecule has 1 N–H and O–H groups in total. The molecule has 3 nitrogen and oxygen atoms in total. The number of sulfonamides is 1. The summed E-state index contributed by atoms with van der Waals surface area (Å²) in [7, 11) is -3.51. The van der Waals surface area contributed by atoms with Crippen molar-refractivity contribution in [1.29, 1.82) is 0 Å². The van der Waals surface area contributed by atoms with Crippen LogP contribution in [0.2, 0.25) is 0 Å². The van der Waals surface area contributed by atoms with Crippen molar-refractivity contribution in [2.75, 3.05) is 11.0 Å². The van der Waals surface area contributed by atoms with Gasteiger partial charge in [-0.15, -0.1) is 11.8 Å². The van der Waals surface area contributed by atoms with Gasteiger partial charge in [0.2, 0.25) is 0 Å². The van der Waals surface area contributed by atoms with Crippen LogP contribution < -0.4 is 4.72 Å². The molecule has 0 saturated carbocycles. The summed E-state index contributed by atoms with van der Waals surface area (Å²) >= 11 is 1.57. The highest BCUT2D eigenvalue weighted by Crippen LogP contribution is 2.20. The van der Waals surface area contributed by atoms with Gasteiger partial charge in [-0.3, -0.25) is 4.72 Å². The number of thioether (sulfide) groups is 1. The number of anilines is 1. The van der Waals surface area contributed by atoms with Crippen LogP contribution in [0.4, 0.5) is 5.69 Å². The van der Waals surface area contributed by atoms with Crippen molar-refractivity contribution in [2.45, 2.75) is 11.8 Å². The van der Waals surface area contributed by atoms with Crippen LogP contribution in [0.1, 0.15) is 11.1 Å². The molecule has 2 aromatic rings. The number of hydrogen-bond acceptors (Lipinski definition) is 3. The van der Waals surface area contributed by atoms with Gasteiger partial charge in [-0.25, -0.2) is 8.42 Å². The molecule has 110 valence electrons. The predicted molar refractivity (Wildman–Crippen MR) is 91.0 cm³/mol. The van der Waals surface area contributed by atoms with Gasteiger partial charge in [-0.2, -0.15) is 0 Å². The fourth-order valence-corrected chi connectivity index (χ4v) is 3.05. The van der Waals surface area contributed by atoms with E-state index in [2.05, 4.69) is 4.72 Å². The molecule has 21 heavy (non-hydrogen) atoms. The number of nitrogens with one attached hydrogen (secondary N) is 1. The first kappa shape index (κ1) is 15.7. The Balaban J connectivity index is 2.12. The molecule has 0 spiro atoms. The van der Waals surface area contributed by atoms with Crippen molar-refractivity contribution in [3.05, 3.63) is 65.1 Å². The molecule has 0 aromatic heterocycles. The van der Waals surface area contributed by atoms with E-state index in [9.17, 15) is 8.42 Å². The minimum absolute atomic E-state index is 0.565. The van der Waals surface area contributed by atoms with E-state index in [-0.39, 0.29) is 0 Å². The van der Waals surface area contributed by atoms with E-state index >= 15 is 0 Å². The first-order chi connectivity index (χ1) is 9.98. The summed E-state index contributed by atoms with van der Waals surface area (Å²) in [6.45, 7) is 1.99. The maximum atomic E-state index is 12.0. The zero-order chi connectivity index (χ0) is 15.3. The molecule has 0 radical (unpaired) electrons. The van der Waals surface area contributed by atoms with Crippen LogP contribution in [0.25, 0.3) is 6.08 Å². The smallest absolute Gasteiger partial charge is 0.255 e. The standard InChI is InChI=1S/C16H17NO2S2/c1-13-6-8-14(9-7-13)10-11-21(18,19)17-15-4-3-5-16(12-15)20-2/h3-12,17H,1-2H3/b11-10+. The van der Waals surface area contributed by atoms with Gasteiger partial charge in [-0.05, 0) is 43.0 Å². The van der Waals surface area contributed by atoms with Gasteiger partial charge in [0.25, 0.3) is 10.0 Å². The van der Waals surface area contributed by atoms with Crippen molar-refractivity contribution in [3.63, 3.8) is 0 Å². The normalized spacial score (nSPS) is 11.7. The third-order valence-corrected chi connectivity index (χ3v) is 4.59. The second-order valence-corrected chi connectivity index (χ2v) is 7.04. The van der Waals surface area contributed by atoms with E-state index in [1.165, 1.54) is 5.41 Å². The molecule has 0 saturated heterocycles. The molecule has 0 fully saturated rings. The maximum Gasteiger partial charge on any atom is 0.255 e. The molecule has 0 unspecified atom stereocenters. The highest BCUT2D eigenvalue weighted by Gasteiger charge is 2.05. The van der Waals surface area contributed by atoms with Gasteiger partial charge in [0.05, 0.1) is 5.41 Å². The molecule has 0 aliphatic rings. The van der Waals surface area contributed by atoms with Crippen LogP contribution in [0.3, 0.4) is 0 Å².